The summed E-state index contributed by atoms with van der Waals surface area (Å²) < 4.78 is 0. The average Bonchev–Trinajstić information content (AvgIpc) is 2.11. The van der Waals surface area contributed by atoms with Crippen molar-refractivity contribution in [3.63, 3.8) is 0 Å². The third-order valence-corrected chi connectivity index (χ3v) is 3.44. The Balaban J connectivity index is 1.94. The van der Waals surface area contributed by atoms with Crippen LogP contribution in [0.2, 0.25) is 0 Å². The molecule has 0 heterocycles. The molecule has 0 aliphatic heterocycles. The van der Waals surface area contributed by atoms with Gasteiger partial charge < -0.3 is 10.2 Å². The molecule has 1 atom stereocenters. The molecule has 2 nitrogen and oxygen atoms in total. The lowest BCUT2D eigenvalue weighted by Gasteiger charge is -2.28. The minimum absolute atomic E-state index is 0.713. The highest BCUT2D eigenvalue weighted by Gasteiger charge is 2.19. The molecule has 0 amide bonds. The molecule has 1 N–H and O–H groups in total. The monoisotopic (exact) mass is 198 g/mol. The van der Waals surface area contributed by atoms with E-state index in [1.165, 1.54) is 32.2 Å². The first-order chi connectivity index (χ1) is 6.72. The lowest BCUT2D eigenvalue weighted by atomic mass is 9.81. The Morgan fingerprint density at radius 2 is 2.14 bits per heavy atom. The minimum atomic E-state index is 0.713. The maximum atomic E-state index is 3.61. The summed E-state index contributed by atoms with van der Waals surface area (Å²) in [5.41, 5.74) is 0. The van der Waals surface area contributed by atoms with Crippen LogP contribution < -0.4 is 5.32 Å². The van der Waals surface area contributed by atoms with Crippen molar-refractivity contribution in [2.75, 3.05) is 26.7 Å². The zero-order valence-corrected chi connectivity index (χ0v) is 10.1. The van der Waals surface area contributed by atoms with Gasteiger partial charge in [0.25, 0.3) is 0 Å². The molecular formula is C12H26N2. The summed E-state index contributed by atoms with van der Waals surface area (Å²) in [6, 6.07) is 0.713. The molecule has 1 fully saturated rings. The first-order valence-electron chi connectivity index (χ1n) is 6.14. The van der Waals surface area contributed by atoms with E-state index < -0.39 is 0 Å². The van der Waals surface area contributed by atoms with E-state index in [4.69, 9.17) is 0 Å². The zero-order valence-electron chi connectivity index (χ0n) is 10.1. The molecule has 1 unspecified atom stereocenters. The highest BCUT2D eigenvalue weighted by Crippen LogP contribution is 2.30. The standard InChI is InChI=1S/C12H26N2/c1-4-14(3)9-8-13-11(2)10-12-6-5-7-12/h11-13H,4-10H2,1-3H3. The largest absolute Gasteiger partial charge is 0.313 e. The fraction of sp³-hybridized carbons (Fsp3) is 1.00. The Morgan fingerprint density at radius 3 is 2.64 bits per heavy atom. The van der Waals surface area contributed by atoms with Crippen molar-refractivity contribution in [3.8, 4) is 0 Å². The lowest BCUT2D eigenvalue weighted by Crippen LogP contribution is -2.36. The second kappa shape index (κ2) is 6.41. The van der Waals surface area contributed by atoms with E-state index >= 15 is 0 Å². The van der Waals surface area contributed by atoms with Gasteiger partial charge in [0.05, 0.1) is 0 Å². The molecule has 1 aliphatic rings. The van der Waals surface area contributed by atoms with Gasteiger partial charge in [-0.05, 0) is 32.9 Å². The summed E-state index contributed by atoms with van der Waals surface area (Å²) in [6.07, 6.45) is 5.80. The number of hydrogen-bond donors (Lipinski definition) is 1. The van der Waals surface area contributed by atoms with Crippen LogP contribution in [0.4, 0.5) is 0 Å². The fourth-order valence-electron chi connectivity index (χ4n) is 1.97. The van der Waals surface area contributed by atoms with Crippen LogP contribution in [0, 0.1) is 5.92 Å². The third kappa shape index (κ3) is 4.43. The summed E-state index contributed by atoms with van der Waals surface area (Å²) in [5.74, 6) is 1.03. The average molecular weight is 198 g/mol. The van der Waals surface area contributed by atoms with Crippen molar-refractivity contribution in [2.45, 2.75) is 45.6 Å². The molecular weight excluding hydrogens is 172 g/mol. The second-order valence-corrected chi connectivity index (χ2v) is 4.78. The third-order valence-electron chi connectivity index (χ3n) is 3.44. The van der Waals surface area contributed by atoms with E-state index in [2.05, 4.69) is 31.1 Å². The zero-order chi connectivity index (χ0) is 10.4. The summed E-state index contributed by atoms with van der Waals surface area (Å²) in [6.45, 7) is 7.99. The van der Waals surface area contributed by atoms with Crippen molar-refractivity contribution in [3.05, 3.63) is 0 Å². The van der Waals surface area contributed by atoms with E-state index in [1.807, 2.05) is 0 Å². The van der Waals surface area contributed by atoms with E-state index in [0.29, 0.717) is 6.04 Å². The van der Waals surface area contributed by atoms with Crippen molar-refractivity contribution in [1.29, 1.82) is 0 Å². The van der Waals surface area contributed by atoms with Gasteiger partial charge >= 0.3 is 0 Å². The molecule has 0 saturated heterocycles. The van der Waals surface area contributed by atoms with Crippen LogP contribution in [0.3, 0.4) is 0 Å². The molecule has 84 valence electrons. The summed E-state index contributed by atoms with van der Waals surface area (Å²) in [4.78, 5) is 2.35. The maximum absolute atomic E-state index is 3.61. The number of likely N-dealkylation sites (N-methyl/N-ethyl adjacent to an activating group) is 1. The van der Waals surface area contributed by atoms with Crippen LogP contribution in [0.1, 0.15) is 39.5 Å². The van der Waals surface area contributed by atoms with Gasteiger partial charge in [-0.3, -0.25) is 0 Å². The molecule has 1 aliphatic carbocycles. The Bertz CT molecular complexity index is 143. The highest BCUT2D eigenvalue weighted by atomic mass is 15.1. The Labute approximate surface area is 89.1 Å². The first kappa shape index (κ1) is 12.0. The molecule has 0 aromatic carbocycles. The van der Waals surface area contributed by atoms with Crippen LogP contribution in [0.5, 0.6) is 0 Å². The van der Waals surface area contributed by atoms with Crippen LogP contribution in [-0.4, -0.2) is 37.6 Å². The summed E-state index contributed by atoms with van der Waals surface area (Å²) in [7, 11) is 2.18. The van der Waals surface area contributed by atoms with Crippen LogP contribution in [0.15, 0.2) is 0 Å². The summed E-state index contributed by atoms with van der Waals surface area (Å²) >= 11 is 0. The van der Waals surface area contributed by atoms with Gasteiger partial charge in [-0.2, -0.15) is 0 Å². The second-order valence-electron chi connectivity index (χ2n) is 4.78. The van der Waals surface area contributed by atoms with Crippen LogP contribution >= 0.6 is 0 Å². The highest BCUT2D eigenvalue weighted by molar-refractivity contribution is 4.74. The number of nitrogens with one attached hydrogen (secondary N) is 1. The molecule has 2 heteroatoms. The molecule has 0 aromatic rings. The number of rotatable bonds is 7. The van der Waals surface area contributed by atoms with Crippen LogP contribution in [-0.2, 0) is 0 Å². The predicted octanol–water partition coefficient (Wildman–Crippen LogP) is 2.11. The predicted molar refractivity (Wildman–Crippen MR) is 62.6 cm³/mol. The van der Waals surface area contributed by atoms with E-state index in [1.54, 1.807) is 0 Å². The number of hydrogen-bond acceptors (Lipinski definition) is 2. The Morgan fingerprint density at radius 1 is 1.43 bits per heavy atom. The molecule has 0 radical (unpaired) electrons. The van der Waals surface area contributed by atoms with Crippen molar-refractivity contribution in [1.82, 2.24) is 10.2 Å². The molecule has 0 spiro atoms. The smallest absolute Gasteiger partial charge is 0.0104 e. The van der Waals surface area contributed by atoms with E-state index in [-0.39, 0.29) is 0 Å². The topological polar surface area (TPSA) is 15.3 Å². The normalized spacial score (nSPS) is 19.7. The van der Waals surface area contributed by atoms with Gasteiger partial charge in [-0.15, -0.1) is 0 Å². The van der Waals surface area contributed by atoms with Gasteiger partial charge in [0, 0.05) is 19.1 Å². The van der Waals surface area contributed by atoms with Gasteiger partial charge in [0.2, 0.25) is 0 Å². The maximum Gasteiger partial charge on any atom is 0.0104 e. The first-order valence-corrected chi connectivity index (χ1v) is 6.14. The van der Waals surface area contributed by atoms with Crippen molar-refractivity contribution >= 4 is 0 Å². The molecule has 1 saturated carbocycles. The minimum Gasteiger partial charge on any atom is -0.313 e. The molecule has 1 rings (SSSR count). The van der Waals surface area contributed by atoms with Gasteiger partial charge in [-0.1, -0.05) is 26.2 Å². The van der Waals surface area contributed by atoms with E-state index in [9.17, 15) is 0 Å². The quantitative estimate of drug-likeness (QED) is 0.674. The summed E-state index contributed by atoms with van der Waals surface area (Å²) in [5, 5.41) is 3.61. The van der Waals surface area contributed by atoms with Crippen molar-refractivity contribution < 1.29 is 0 Å². The Hall–Kier alpha value is -0.0800. The van der Waals surface area contributed by atoms with Crippen molar-refractivity contribution in [2.24, 2.45) is 5.92 Å². The fourth-order valence-corrected chi connectivity index (χ4v) is 1.97. The van der Waals surface area contributed by atoms with Gasteiger partial charge in [0.15, 0.2) is 0 Å². The molecule has 0 aromatic heterocycles. The molecule has 14 heavy (non-hydrogen) atoms. The van der Waals surface area contributed by atoms with Crippen LogP contribution in [0.25, 0.3) is 0 Å². The SMILES string of the molecule is CCN(C)CCNC(C)CC1CCC1. The van der Waals surface area contributed by atoms with Gasteiger partial charge in [-0.25, -0.2) is 0 Å². The lowest BCUT2D eigenvalue weighted by molar-refractivity contribution is 0.260. The van der Waals surface area contributed by atoms with E-state index in [0.717, 1.165) is 19.0 Å². The van der Waals surface area contributed by atoms with Gasteiger partial charge in [0.1, 0.15) is 0 Å². The molecule has 0 bridgehead atoms. The Kier molecular flexibility index (Phi) is 5.49. The number of nitrogens with zero attached hydrogens (tertiary/aromatic N) is 1.